The molecule has 0 amide bonds. The van der Waals surface area contributed by atoms with E-state index in [9.17, 15) is 0 Å². The Kier molecular flexibility index (Phi) is 3.62. The molecule has 92 valence electrons. The molecule has 2 aromatic heterocycles. The fraction of sp³-hybridized carbons (Fsp3) is 0.538. The van der Waals surface area contributed by atoms with Crippen molar-refractivity contribution >= 4 is 11.5 Å². The molecule has 0 saturated carbocycles. The molecule has 0 atom stereocenters. The van der Waals surface area contributed by atoms with Gasteiger partial charge in [-0.15, -0.1) is 0 Å². The van der Waals surface area contributed by atoms with Crippen molar-refractivity contribution in [3.8, 4) is 0 Å². The Morgan fingerprint density at radius 3 is 2.53 bits per heavy atom. The summed E-state index contributed by atoms with van der Waals surface area (Å²) in [4.78, 5) is 5.84. The Hall–Kier alpha value is -1.16. The van der Waals surface area contributed by atoms with Gasteiger partial charge < -0.3 is 4.57 Å². The van der Waals surface area contributed by atoms with E-state index in [1.54, 1.807) is 11.5 Å². The molecule has 3 nitrogen and oxygen atoms in total. The molecule has 0 spiro atoms. The van der Waals surface area contributed by atoms with Gasteiger partial charge >= 0.3 is 0 Å². The first-order valence-corrected chi connectivity index (χ1v) is 6.81. The second kappa shape index (κ2) is 5.00. The summed E-state index contributed by atoms with van der Waals surface area (Å²) < 4.78 is 6.40. The molecule has 17 heavy (non-hydrogen) atoms. The molecule has 0 aliphatic carbocycles. The number of hydrogen-bond acceptors (Lipinski definition) is 3. The first kappa shape index (κ1) is 12.3. The van der Waals surface area contributed by atoms with Gasteiger partial charge in [-0.1, -0.05) is 27.7 Å². The van der Waals surface area contributed by atoms with E-state index in [-0.39, 0.29) is 0 Å². The fourth-order valence-corrected chi connectivity index (χ4v) is 2.67. The van der Waals surface area contributed by atoms with Crippen LogP contribution in [0.4, 0.5) is 0 Å². The summed E-state index contributed by atoms with van der Waals surface area (Å²) >= 11 is 1.56. The molecule has 0 fully saturated rings. The zero-order chi connectivity index (χ0) is 12.4. The molecular formula is C13H19N3S. The van der Waals surface area contributed by atoms with Crippen molar-refractivity contribution in [3.05, 3.63) is 34.9 Å². The van der Waals surface area contributed by atoms with Crippen molar-refractivity contribution in [2.24, 2.45) is 0 Å². The van der Waals surface area contributed by atoms with E-state index < -0.39 is 0 Å². The molecule has 0 aliphatic rings. The van der Waals surface area contributed by atoms with Crippen molar-refractivity contribution in [1.29, 1.82) is 0 Å². The van der Waals surface area contributed by atoms with Crippen LogP contribution in [0.3, 0.4) is 0 Å². The van der Waals surface area contributed by atoms with Crippen molar-refractivity contribution in [2.75, 3.05) is 0 Å². The number of rotatable bonds is 4. The van der Waals surface area contributed by atoms with E-state index in [1.807, 2.05) is 12.5 Å². The average molecular weight is 249 g/mol. The van der Waals surface area contributed by atoms with Gasteiger partial charge in [-0.2, -0.15) is 0 Å². The molecule has 0 aromatic carbocycles. The van der Waals surface area contributed by atoms with Gasteiger partial charge in [0, 0.05) is 16.8 Å². The maximum Gasteiger partial charge on any atom is 0.0955 e. The average Bonchev–Trinajstić information content (AvgIpc) is 2.86. The van der Waals surface area contributed by atoms with Crippen LogP contribution in [-0.4, -0.2) is 13.9 Å². The van der Waals surface area contributed by atoms with Crippen molar-refractivity contribution in [3.63, 3.8) is 0 Å². The van der Waals surface area contributed by atoms with E-state index in [1.165, 1.54) is 16.3 Å². The smallest absolute Gasteiger partial charge is 0.0955 e. The molecule has 0 radical (unpaired) electrons. The molecule has 0 saturated heterocycles. The zero-order valence-electron chi connectivity index (χ0n) is 10.8. The van der Waals surface area contributed by atoms with Gasteiger partial charge in [0.2, 0.25) is 0 Å². The van der Waals surface area contributed by atoms with Crippen LogP contribution in [0.5, 0.6) is 0 Å². The second-order valence-corrected chi connectivity index (χ2v) is 5.85. The Bertz CT molecular complexity index is 469. The van der Waals surface area contributed by atoms with Crippen LogP contribution in [-0.2, 0) is 6.54 Å². The molecule has 4 heteroatoms. The molecular weight excluding hydrogens is 230 g/mol. The van der Waals surface area contributed by atoms with E-state index in [4.69, 9.17) is 0 Å². The Morgan fingerprint density at radius 2 is 2.00 bits per heavy atom. The highest BCUT2D eigenvalue weighted by molar-refractivity contribution is 7.05. The van der Waals surface area contributed by atoms with Gasteiger partial charge in [-0.05, 0) is 29.4 Å². The first-order chi connectivity index (χ1) is 8.09. The quantitative estimate of drug-likeness (QED) is 0.828. The topological polar surface area (TPSA) is 30.7 Å². The van der Waals surface area contributed by atoms with Gasteiger partial charge in [0.05, 0.1) is 18.6 Å². The first-order valence-electron chi connectivity index (χ1n) is 6.04. The molecule has 0 bridgehead atoms. The SMILES string of the molecule is CC(C)c1ncn(Cc2ccns2)c1C(C)C. The van der Waals surface area contributed by atoms with Crippen LogP contribution in [0, 0.1) is 0 Å². The van der Waals surface area contributed by atoms with Gasteiger partial charge in [-0.25, -0.2) is 9.36 Å². The summed E-state index contributed by atoms with van der Waals surface area (Å²) in [5, 5.41) is 0. The van der Waals surface area contributed by atoms with Crippen LogP contribution >= 0.6 is 11.5 Å². The lowest BCUT2D eigenvalue weighted by molar-refractivity contribution is 0.677. The van der Waals surface area contributed by atoms with Crippen molar-refractivity contribution < 1.29 is 0 Å². The Morgan fingerprint density at radius 1 is 1.24 bits per heavy atom. The maximum atomic E-state index is 4.56. The summed E-state index contributed by atoms with van der Waals surface area (Å²) in [6, 6.07) is 2.07. The lowest BCUT2D eigenvalue weighted by Crippen LogP contribution is -2.06. The zero-order valence-corrected chi connectivity index (χ0v) is 11.7. The van der Waals surface area contributed by atoms with Crippen LogP contribution in [0.25, 0.3) is 0 Å². The lowest BCUT2D eigenvalue weighted by Gasteiger charge is -2.13. The van der Waals surface area contributed by atoms with E-state index in [0.717, 1.165) is 6.54 Å². The van der Waals surface area contributed by atoms with Gasteiger partial charge in [-0.3, -0.25) is 0 Å². The predicted molar refractivity (Wildman–Crippen MR) is 71.6 cm³/mol. The van der Waals surface area contributed by atoms with Crippen molar-refractivity contribution in [1.82, 2.24) is 13.9 Å². The minimum Gasteiger partial charge on any atom is -0.329 e. The third kappa shape index (κ3) is 2.57. The minimum absolute atomic E-state index is 0.482. The lowest BCUT2D eigenvalue weighted by atomic mass is 10.0. The third-order valence-electron chi connectivity index (χ3n) is 2.82. The summed E-state index contributed by atoms with van der Waals surface area (Å²) in [5.74, 6) is 0.984. The highest BCUT2D eigenvalue weighted by Crippen LogP contribution is 2.25. The Labute approximate surface area is 107 Å². The predicted octanol–water partition coefficient (Wildman–Crippen LogP) is 3.63. The van der Waals surface area contributed by atoms with Crippen LogP contribution in [0.15, 0.2) is 18.6 Å². The van der Waals surface area contributed by atoms with Gasteiger partial charge in [0.15, 0.2) is 0 Å². The molecule has 2 rings (SSSR count). The fourth-order valence-electron chi connectivity index (χ4n) is 2.10. The highest BCUT2D eigenvalue weighted by atomic mass is 32.1. The number of nitrogens with zero attached hydrogens (tertiary/aromatic N) is 3. The number of hydrogen-bond donors (Lipinski definition) is 0. The minimum atomic E-state index is 0.482. The largest absolute Gasteiger partial charge is 0.329 e. The van der Waals surface area contributed by atoms with Crippen LogP contribution in [0.2, 0.25) is 0 Å². The molecule has 0 unspecified atom stereocenters. The molecule has 0 N–H and O–H groups in total. The summed E-state index contributed by atoms with van der Waals surface area (Å²) in [5.41, 5.74) is 2.58. The third-order valence-corrected chi connectivity index (χ3v) is 3.55. The van der Waals surface area contributed by atoms with Gasteiger partial charge in [0.25, 0.3) is 0 Å². The standard InChI is InChI=1S/C13H19N3S/c1-9(2)12-13(10(3)4)16(8-14-12)7-11-5-6-15-17-11/h5-6,8-10H,7H2,1-4H3. The summed E-state index contributed by atoms with van der Waals surface area (Å²) in [6.07, 6.45) is 3.82. The van der Waals surface area contributed by atoms with Gasteiger partial charge in [0.1, 0.15) is 0 Å². The summed E-state index contributed by atoms with van der Waals surface area (Å²) in [6.45, 7) is 9.74. The van der Waals surface area contributed by atoms with E-state index >= 15 is 0 Å². The summed E-state index contributed by atoms with van der Waals surface area (Å²) in [7, 11) is 0. The van der Waals surface area contributed by atoms with E-state index in [2.05, 4.69) is 47.7 Å². The Balaban J connectivity index is 2.34. The molecule has 0 aliphatic heterocycles. The highest BCUT2D eigenvalue weighted by Gasteiger charge is 2.17. The normalized spacial score (nSPS) is 11.6. The van der Waals surface area contributed by atoms with Crippen LogP contribution in [0.1, 0.15) is 55.8 Å². The number of aromatic nitrogens is 3. The second-order valence-electron chi connectivity index (χ2n) is 4.93. The monoisotopic (exact) mass is 249 g/mol. The number of imidazole rings is 1. The van der Waals surface area contributed by atoms with E-state index in [0.29, 0.717) is 11.8 Å². The molecule has 2 aromatic rings. The molecule has 2 heterocycles. The van der Waals surface area contributed by atoms with Crippen molar-refractivity contribution in [2.45, 2.75) is 46.1 Å². The van der Waals surface area contributed by atoms with Crippen LogP contribution < -0.4 is 0 Å². The maximum absolute atomic E-state index is 4.56.